The molecular weight excluding hydrogens is 1550 g/mol. The largest absolute Gasteiger partial charge is 0.495 e. The predicted octanol–water partition coefficient (Wildman–Crippen LogP) is 12.4. The Morgan fingerprint density at radius 2 is 0.990 bits per heavy atom. The van der Waals surface area contributed by atoms with E-state index in [1.165, 1.54) is 34.9 Å². The van der Waals surface area contributed by atoms with Crippen molar-refractivity contribution in [3.05, 3.63) is 167 Å². The Morgan fingerprint density at radius 3 is 1.38 bits per heavy atom. The number of rotatable bonds is 19. The maximum absolute atomic E-state index is 12.3. The highest BCUT2D eigenvalue weighted by Crippen LogP contribution is 2.37. The molecule has 3 unspecified atom stereocenters. The number of aliphatic hydroxyl groups excluding tert-OH is 1. The second-order valence-electron chi connectivity index (χ2n) is 23.3. The van der Waals surface area contributed by atoms with Crippen LogP contribution >= 0.6 is 116 Å². The highest BCUT2D eigenvalue weighted by molar-refractivity contribution is 9.10. The maximum Gasteiger partial charge on any atom is 0.495 e. The molecule has 0 saturated carbocycles. The highest BCUT2D eigenvalue weighted by atomic mass is 79.9. The van der Waals surface area contributed by atoms with Gasteiger partial charge in [0.25, 0.3) is 0 Å². The van der Waals surface area contributed by atoms with E-state index in [0.717, 1.165) is 98.5 Å². The summed E-state index contributed by atoms with van der Waals surface area (Å²) in [5.41, 5.74) is 11.5. The number of benzene rings is 6. The molecule has 0 aromatic heterocycles. The number of halogens is 4. The van der Waals surface area contributed by atoms with Crippen LogP contribution in [0.15, 0.2) is 143 Å². The predicted molar refractivity (Wildman–Crippen MR) is 421 cm³/mol. The van der Waals surface area contributed by atoms with E-state index in [9.17, 15) is 48.8 Å². The zero-order valence-electron chi connectivity index (χ0n) is 57.8. The summed E-state index contributed by atoms with van der Waals surface area (Å²) < 4.78 is 46.9. The quantitative estimate of drug-likeness (QED) is 0.00754. The number of aldehydes is 3. The van der Waals surface area contributed by atoms with Crippen LogP contribution in [0.4, 0.5) is 9.18 Å². The maximum atomic E-state index is 12.3. The minimum Gasteiger partial charge on any atom is -0.444 e. The van der Waals surface area contributed by atoms with Crippen LogP contribution in [0, 0.1) is 15.9 Å². The number of ether oxygens (including phenoxy) is 1. The first-order valence-electron chi connectivity index (χ1n) is 31.6. The molecule has 4 aliphatic heterocycles. The first kappa shape index (κ1) is 90.4. The van der Waals surface area contributed by atoms with Crippen molar-refractivity contribution in [3.63, 3.8) is 0 Å². The van der Waals surface area contributed by atoms with Gasteiger partial charge in [-0.3, -0.25) is 24.5 Å². The van der Waals surface area contributed by atoms with E-state index in [0.29, 0.717) is 39.5 Å². The van der Waals surface area contributed by atoms with Crippen LogP contribution in [0.25, 0.3) is 0 Å². The van der Waals surface area contributed by atoms with Gasteiger partial charge < -0.3 is 59.2 Å². The van der Waals surface area contributed by atoms with Gasteiger partial charge in [-0.1, -0.05) is 86.6 Å². The van der Waals surface area contributed by atoms with E-state index < -0.39 is 62.4 Å². The number of fused-ring (bicyclic) bond motifs is 3. The molecule has 7 N–H and O–H groups in total. The summed E-state index contributed by atoms with van der Waals surface area (Å²) in [5.74, 6) is 4.57. The van der Waals surface area contributed by atoms with Gasteiger partial charge in [0.2, 0.25) is 6.54 Å². The minimum absolute atomic E-state index is 0. The number of carbonyl (C=O) groups is 4. The van der Waals surface area contributed by atoms with Crippen molar-refractivity contribution in [1.82, 2.24) is 5.32 Å². The second-order valence-corrected chi connectivity index (χ2v) is 32.0. The fourth-order valence-electron chi connectivity index (χ4n) is 9.42. The number of nitro groups is 1. The van der Waals surface area contributed by atoms with Gasteiger partial charge in [0.1, 0.15) is 23.8 Å². The van der Waals surface area contributed by atoms with Crippen LogP contribution in [0.1, 0.15) is 149 Å². The first-order chi connectivity index (χ1) is 46.9. The number of alkyl carbamates (subject to hydrolysis) is 1. The molecule has 6 aromatic rings. The monoisotopic (exact) mass is 1640 g/mol. The normalized spacial score (nSPS) is 16.1. The Bertz CT molecular complexity index is 3610. The lowest BCUT2D eigenvalue weighted by Gasteiger charge is -2.32. The Hall–Kier alpha value is -3.86. The molecule has 3 atom stereocenters. The van der Waals surface area contributed by atoms with Crippen LogP contribution in [-0.2, 0) is 28.0 Å². The molecule has 6 aromatic carbocycles. The number of aliphatic hydroxyl groups is 1. The molecule has 0 radical (unpaired) electrons. The molecular formula is C67H87B4Br2ClFN3O16S6. The van der Waals surface area contributed by atoms with Crippen molar-refractivity contribution in [3.8, 4) is 0 Å². The van der Waals surface area contributed by atoms with Crippen molar-refractivity contribution in [2.75, 3.05) is 54.3 Å². The number of hydrogen-bond donors (Lipinski definition) is 7. The molecule has 0 bridgehead atoms. The lowest BCUT2D eigenvalue weighted by atomic mass is 9.76. The molecule has 4 aliphatic rings. The minimum atomic E-state index is -1.05. The molecule has 1 fully saturated rings. The van der Waals surface area contributed by atoms with E-state index in [1.807, 2.05) is 147 Å². The van der Waals surface area contributed by atoms with Gasteiger partial charge in [-0.05, 0) is 217 Å². The molecule has 100 heavy (non-hydrogen) atoms. The summed E-state index contributed by atoms with van der Waals surface area (Å²) in [6, 6.07) is 32.6. The Labute approximate surface area is 637 Å². The van der Waals surface area contributed by atoms with Crippen molar-refractivity contribution in [1.29, 1.82) is 0 Å². The SMILES string of the molecule is CCS.CCSc1ccc(C=O)c(B2OC(C)(C)C(C)(C)O2)c1.CCSc1ccc(C=O)c(Br)c1.CCSc1ccc2c(c1)B(O)OC2CNC(=O)OC(C)(C)C.CCSc1ccc2c(c1)B(O)OC2C[N+](=O)[O-].Cl.NCC1OB(O)c2cc(SCO)ccc21.O=Cc1ccc(F)cc1Br. The zero-order chi connectivity index (χ0) is 73.8. The summed E-state index contributed by atoms with van der Waals surface area (Å²) in [7, 11) is -3.38. The van der Waals surface area contributed by atoms with E-state index in [-0.39, 0.29) is 49.5 Å². The van der Waals surface area contributed by atoms with Crippen molar-refractivity contribution >= 4 is 191 Å². The average Bonchev–Trinajstić information content (AvgIpc) is 1.63. The van der Waals surface area contributed by atoms with Crippen LogP contribution in [0.2, 0.25) is 0 Å². The molecule has 0 spiro atoms. The van der Waals surface area contributed by atoms with Gasteiger partial charge in [-0.15, -0.1) is 59.5 Å². The summed E-state index contributed by atoms with van der Waals surface area (Å²) in [5, 5.41) is 51.3. The Kier molecular flexibility index (Phi) is 40.5. The van der Waals surface area contributed by atoms with Gasteiger partial charge in [-0.2, -0.15) is 12.6 Å². The van der Waals surface area contributed by atoms with E-state index in [2.05, 4.69) is 70.6 Å². The molecule has 4 heterocycles. The lowest BCUT2D eigenvalue weighted by molar-refractivity contribution is -0.490. The Morgan fingerprint density at radius 1 is 0.630 bits per heavy atom. The number of thiol groups is 1. The van der Waals surface area contributed by atoms with Gasteiger partial charge in [0.15, 0.2) is 12.6 Å². The van der Waals surface area contributed by atoms with Crippen molar-refractivity contribution in [2.45, 2.75) is 143 Å². The van der Waals surface area contributed by atoms with E-state index in [1.54, 1.807) is 53.1 Å². The van der Waals surface area contributed by atoms with E-state index >= 15 is 0 Å². The van der Waals surface area contributed by atoms with Crippen LogP contribution < -0.4 is 32.9 Å². The number of amides is 1. The van der Waals surface area contributed by atoms with Gasteiger partial charge >= 0.3 is 34.6 Å². The smallest absolute Gasteiger partial charge is 0.444 e. The third-order valence-electron chi connectivity index (χ3n) is 14.6. The fourth-order valence-corrected chi connectivity index (χ4v) is 13.8. The molecule has 10 rings (SSSR count). The molecule has 19 nitrogen and oxygen atoms in total. The van der Waals surface area contributed by atoms with Crippen molar-refractivity contribution in [2.24, 2.45) is 5.73 Å². The third-order valence-corrected chi connectivity index (χ3v) is 20.2. The number of thioether (sulfide) groups is 5. The van der Waals surface area contributed by atoms with Crippen LogP contribution in [-0.4, -0.2) is 150 Å². The number of carbonyl (C=O) groups excluding carboxylic acids is 4. The second kappa shape index (κ2) is 44.8. The van der Waals surface area contributed by atoms with Crippen LogP contribution in [0.5, 0.6) is 0 Å². The molecule has 1 saturated heterocycles. The lowest BCUT2D eigenvalue weighted by Crippen LogP contribution is -2.41. The number of nitrogens with one attached hydrogen (secondary N) is 1. The summed E-state index contributed by atoms with van der Waals surface area (Å²) in [4.78, 5) is 59.0. The molecule has 1 amide bonds. The number of nitrogens with zero attached hydrogens (tertiary/aromatic N) is 1. The Balaban J connectivity index is 0.000000314. The third kappa shape index (κ3) is 28.2. The first-order valence-corrected chi connectivity index (χ1v) is 38.7. The standard InChI is InChI=1S/C15H22BNO4S.C15H21BO3S.C10H12BNO4S.C9H12BNO3S.C9H9BrOS.C7H4BrFO.C2H6S.ClH/c1-5-22-10-6-7-11-12(8-10)16(19)21-13(11)9-17-14(18)20-15(2,3)4;1-6-20-12-8-7-11(10-17)13(9-12)16-18-14(2,3)15(4,5)19-16;1-2-17-7-3-4-8-9(5-7)11(13)16-10(8)6-12(14)15;11-4-9-7-2-1-6(15-5-12)3-8(7)10(13)14-9;1-2-12-8-4-3-7(6-11)9(10)5-8;8-7-3-6(9)2-1-5(7)4-10;1-2-3;/h6-8,13,19H,5,9H2,1-4H3,(H,17,18);7-10H,6H2,1-5H3;3-5,10,13H,2,6H2,1H3;1-3,9,12-13H,4-5,11H2;3-6H,2H2,1H3;1-4H;3H,2H2,1H3;1H. The zero-order valence-corrected chi connectivity index (χ0v) is 66.7. The number of nitrogens with two attached hydrogens (primary N) is 1. The molecule has 542 valence electrons. The van der Waals surface area contributed by atoms with E-state index in [4.69, 9.17) is 38.8 Å². The van der Waals surface area contributed by atoms with Gasteiger partial charge in [-0.25, -0.2) is 9.18 Å². The summed E-state index contributed by atoms with van der Waals surface area (Å²) in [6.45, 7) is 24.1. The molecule has 33 heteroatoms. The van der Waals surface area contributed by atoms with Gasteiger partial charge in [0.05, 0.1) is 29.3 Å². The molecule has 0 aliphatic carbocycles. The van der Waals surface area contributed by atoms with Gasteiger partial charge in [0, 0.05) is 68.1 Å². The van der Waals surface area contributed by atoms with Crippen LogP contribution in [0.3, 0.4) is 0 Å². The topological polar surface area (TPSA) is 286 Å². The highest BCUT2D eigenvalue weighted by Gasteiger charge is 2.52. The fraction of sp³-hybridized carbons (Fsp3) is 0.403. The summed E-state index contributed by atoms with van der Waals surface area (Å²) >= 11 is 18.3. The summed E-state index contributed by atoms with van der Waals surface area (Å²) in [6.07, 6.45) is 0.670. The van der Waals surface area contributed by atoms with Crippen molar-refractivity contribution < 1.29 is 76.7 Å². The number of hydrogen-bond acceptors (Lipinski definition) is 23. The average molecular weight is 1640 g/mol.